The average Bonchev–Trinajstić information content (AvgIpc) is 3.13. The largest absolute Gasteiger partial charge is 0.377 e. The molecule has 1 unspecified atom stereocenters. The molecule has 0 saturated carbocycles. The number of hydrogen-bond donors (Lipinski definition) is 2. The number of nitrogens with one attached hydrogen (secondary N) is 2. The van der Waals surface area contributed by atoms with Gasteiger partial charge in [-0.05, 0) is 54.9 Å². The molecular formula is C17H26N2O3S2. The lowest BCUT2D eigenvalue weighted by Crippen LogP contribution is -2.32. The Morgan fingerprint density at radius 3 is 2.54 bits per heavy atom. The van der Waals surface area contributed by atoms with E-state index in [0.717, 1.165) is 31.6 Å². The van der Waals surface area contributed by atoms with Gasteiger partial charge in [0.15, 0.2) is 0 Å². The summed E-state index contributed by atoms with van der Waals surface area (Å²) in [5.41, 5.74) is 1.12. The fraction of sp³-hybridized carbons (Fsp3) is 0.647. The monoisotopic (exact) mass is 370 g/mol. The van der Waals surface area contributed by atoms with Crippen LogP contribution in [-0.2, 0) is 21.3 Å². The minimum absolute atomic E-state index is 0.0110. The van der Waals surface area contributed by atoms with Crippen LogP contribution >= 0.6 is 11.8 Å². The van der Waals surface area contributed by atoms with Crippen LogP contribution in [0.5, 0.6) is 0 Å². The van der Waals surface area contributed by atoms with Gasteiger partial charge in [-0.25, -0.2) is 13.1 Å². The van der Waals surface area contributed by atoms with Crippen molar-refractivity contribution in [3.63, 3.8) is 0 Å². The minimum atomic E-state index is -3.45. The van der Waals surface area contributed by atoms with Gasteiger partial charge in [-0.1, -0.05) is 12.1 Å². The smallest absolute Gasteiger partial charge is 0.240 e. The first-order chi connectivity index (χ1) is 11.6. The minimum Gasteiger partial charge on any atom is -0.377 e. The van der Waals surface area contributed by atoms with E-state index in [0.29, 0.717) is 17.5 Å². The number of ether oxygens (including phenoxy) is 1. The zero-order valence-electron chi connectivity index (χ0n) is 13.9. The third-order valence-electron chi connectivity index (χ3n) is 4.57. The molecule has 134 valence electrons. The van der Waals surface area contributed by atoms with Gasteiger partial charge in [0, 0.05) is 25.7 Å². The van der Waals surface area contributed by atoms with Crippen LogP contribution in [0, 0.1) is 0 Å². The van der Waals surface area contributed by atoms with Crippen molar-refractivity contribution < 1.29 is 13.2 Å². The van der Waals surface area contributed by atoms with Crippen molar-refractivity contribution in [2.45, 2.75) is 49.3 Å². The van der Waals surface area contributed by atoms with Crippen molar-refractivity contribution in [2.75, 3.05) is 24.7 Å². The van der Waals surface area contributed by atoms with Crippen molar-refractivity contribution in [3.05, 3.63) is 29.8 Å². The lowest BCUT2D eigenvalue weighted by Gasteiger charge is -2.22. The predicted octanol–water partition coefficient (Wildman–Crippen LogP) is 2.13. The quantitative estimate of drug-likeness (QED) is 0.770. The lowest BCUT2D eigenvalue weighted by molar-refractivity contribution is 0.114. The van der Waals surface area contributed by atoms with Crippen LogP contribution in [-0.4, -0.2) is 45.2 Å². The Morgan fingerprint density at radius 2 is 1.88 bits per heavy atom. The van der Waals surface area contributed by atoms with E-state index in [-0.39, 0.29) is 6.10 Å². The fourth-order valence-corrected chi connectivity index (χ4v) is 5.21. The topological polar surface area (TPSA) is 67.4 Å². The summed E-state index contributed by atoms with van der Waals surface area (Å²) in [5, 5.41) is 3.56. The van der Waals surface area contributed by atoms with Crippen molar-refractivity contribution in [2.24, 2.45) is 0 Å². The number of benzene rings is 1. The summed E-state index contributed by atoms with van der Waals surface area (Å²) in [6.45, 7) is 1.87. The van der Waals surface area contributed by atoms with Crippen LogP contribution in [0.25, 0.3) is 0 Å². The Kier molecular flexibility index (Phi) is 6.57. The summed E-state index contributed by atoms with van der Waals surface area (Å²) in [6, 6.07) is 7.75. The summed E-state index contributed by atoms with van der Waals surface area (Å²) in [6.07, 6.45) is 4.37. The van der Waals surface area contributed by atoms with Crippen LogP contribution in [0.2, 0.25) is 0 Å². The second-order valence-electron chi connectivity index (χ2n) is 6.40. The fourth-order valence-electron chi connectivity index (χ4n) is 3.04. The molecule has 2 fully saturated rings. The number of rotatable bonds is 7. The molecule has 0 radical (unpaired) electrons. The van der Waals surface area contributed by atoms with Crippen molar-refractivity contribution in [1.29, 1.82) is 0 Å². The maximum absolute atomic E-state index is 12.3. The Labute approximate surface area is 149 Å². The van der Waals surface area contributed by atoms with Gasteiger partial charge in [-0.2, -0.15) is 11.8 Å². The lowest BCUT2D eigenvalue weighted by atomic mass is 10.1. The molecule has 3 rings (SSSR count). The molecule has 1 aromatic carbocycles. The third kappa shape index (κ3) is 5.20. The van der Waals surface area contributed by atoms with Crippen LogP contribution in [0.3, 0.4) is 0 Å². The van der Waals surface area contributed by atoms with Gasteiger partial charge in [0.1, 0.15) is 0 Å². The van der Waals surface area contributed by atoms with E-state index in [1.54, 1.807) is 12.1 Å². The normalized spacial score (nSPS) is 22.8. The summed E-state index contributed by atoms with van der Waals surface area (Å²) in [4.78, 5) is 0.318. The predicted molar refractivity (Wildman–Crippen MR) is 97.8 cm³/mol. The standard InChI is InChI=1S/C17H26N2O3S2/c20-24(21,19-13-16-2-1-9-22-16)17-5-3-14(4-6-17)12-18-15-7-10-23-11-8-15/h3-6,15-16,18-19H,1-2,7-13H2. The van der Waals surface area contributed by atoms with Crippen LogP contribution in [0.15, 0.2) is 29.2 Å². The molecule has 0 aliphatic carbocycles. The highest BCUT2D eigenvalue weighted by atomic mass is 32.2. The molecule has 0 bridgehead atoms. The molecule has 2 aliphatic rings. The molecule has 2 saturated heterocycles. The Balaban J connectivity index is 1.50. The van der Waals surface area contributed by atoms with E-state index >= 15 is 0 Å². The van der Waals surface area contributed by atoms with Gasteiger partial charge in [-0.15, -0.1) is 0 Å². The maximum Gasteiger partial charge on any atom is 0.240 e. The second-order valence-corrected chi connectivity index (χ2v) is 9.39. The first kappa shape index (κ1) is 18.2. The van der Waals surface area contributed by atoms with Gasteiger partial charge >= 0.3 is 0 Å². The number of sulfonamides is 1. The molecule has 0 aromatic heterocycles. The molecule has 0 amide bonds. The molecule has 24 heavy (non-hydrogen) atoms. The molecule has 5 nitrogen and oxygen atoms in total. The van der Waals surface area contributed by atoms with Gasteiger partial charge in [0.05, 0.1) is 11.0 Å². The van der Waals surface area contributed by atoms with Gasteiger partial charge in [0.2, 0.25) is 10.0 Å². The molecule has 1 aromatic rings. The van der Waals surface area contributed by atoms with Gasteiger partial charge < -0.3 is 10.1 Å². The van der Waals surface area contributed by atoms with E-state index in [1.165, 1.54) is 24.3 Å². The molecule has 1 atom stereocenters. The van der Waals surface area contributed by atoms with Gasteiger partial charge in [-0.3, -0.25) is 0 Å². The third-order valence-corrected chi connectivity index (χ3v) is 7.06. The van der Waals surface area contributed by atoms with Gasteiger partial charge in [0.25, 0.3) is 0 Å². The van der Waals surface area contributed by atoms with Crippen molar-refractivity contribution in [3.8, 4) is 0 Å². The highest BCUT2D eigenvalue weighted by Gasteiger charge is 2.20. The molecule has 0 spiro atoms. The molecule has 2 N–H and O–H groups in total. The molecular weight excluding hydrogens is 344 g/mol. The van der Waals surface area contributed by atoms with Crippen molar-refractivity contribution in [1.82, 2.24) is 10.0 Å². The summed E-state index contributed by atoms with van der Waals surface area (Å²) in [7, 11) is -3.45. The maximum atomic E-state index is 12.3. The Hall–Kier alpha value is -0.600. The first-order valence-corrected chi connectivity index (χ1v) is 11.3. The molecule has 2 heterocycles. The summed E-state index contributed by atoms with van der Waals surface area (Å²) in [5.74, 6) is 2.45. The van der Waals surface area contributed by atoms with E-state index in [9.17, 15) is 8.42 Å². The van der Waals surface area contributed by atoms with E-state index in [2.05, 4.69) is 10.0 Å². The average molecular weight is 371 g/mol. The van der Waals surface area contributed by atoms with Crippen LogP contribution in [0.4, 0.5) is 0 Å². The highest BCUT2D eigenvalue weighted by Crippen LogP contribution is 2.18. The second kappa shape index (κ2) is 8.67. The van der Waals surface area contributed by atoms with E-state index in [1.807, 2.05) is 23.9 Å². The number of thioether (sulfide) groups is 1. The molecule has 2 aliphatic heterocycles. The zero-order chi connectivity index (χ0) is 16.8. The highest BCUT2D eigenvalue weighted by molar-refractivity contribution is 7.99. The Bertz CT molecular complexity index is 607. The first-order valence-electron chi connectivity index (χ1n) is 8.65. The summed E-state index contributed by atoms with van der Waals surface area (Å²) < 4.78 is 32.7. The number of hydrogen-bond acceptors (Lipinski definition) is 5. The summed E-state index contributed by atoms with van der Waals surface area (Å²) >= 11 is 2.02. The van der Waals surface area contributed by atoms with E-state index in [4.69, 9.17) is 4.74 Å². The van der Waals surface area contributed by atoms with Crippen LogP contribution < -0.4 is 10.0 Å². The molecule has 7 heteroatoms. The SMILES string of the molecule is O=S(=O)(NCC1CCCO1)c1ccc(CNC2CCSCC2)cc1. The van der Waals surface area contributed by atoms with Crippen molar-refractivity contribution >= 4 is 21.8 Å². The zero-order valence-corrected chi connectivity index (χ0v) is 15.5. The Morgan fingerprint density at radius 1 is 1.12 bits per heavy atom. The van der Waals surface area contributed by atoms with Crippen LogP contribution in [0.1, 0.15) is 31.2 Å². The van der Waals surface area contributed by atoms with E-state index < -0.39 is 10.0 Å².